The molecule has 36 heavy (non-hydrogen) atoms. The molecule has 4 rings (SSSR count). The Morgan fingerprint density at radius 2 is 1.83 bits per heavy atom. The smallest absolute Gasteiger partial charge is 0.255 e. The standard InChI is InChI=1S/C29H35ClN4O2/c1-5-21(3)27-31-26(19-36-4)24(18-22-10-8-9-20(2)17-22)28(32-27)33-13-15-34(16-14-33)29(35)23-11-6-7-12-25(23)30/h6-12,17,21H,5,13-16,18-19H2,1-4H3/t21-/m1/s1. The van der Waals surface area contributed by atoms with Gasteiger partial charge in [0.1, 0.15) is 11.6 Å². The van der Waals surface area contributed by atoms with Gasteiger partial charge in [-0.1, -0.05) is 67.4 Å². The molecule has 1 aliphatic rings. The van der Waals surface area contributed by atoms with Crippen LogP contribution in [0.3, 0.4) is 0 Å². The summed E-state index contributed by atoms with van der Waals surface area (Å²) in [5, 5.41) is 0.489. The van der Waals surface area contributed by atoms with E-state index in [1.807, 2.05) is 17.0 Å². The Hall–Kier alpha value is -2.96. The van der Waals surface area contributed by atoms with Crippen molar-refractivity contribution in [2.75, 3.05) is 38.2 Å². The van der Waals surface area contributed by atoms with Crippen LogP contribution in [0, 0.1) is 6.92 Å². The number of nitrogens with zero attached hydrogens (tertiary/aromatic N) is 4. The van der Waals surface area contributed by atoms with E-state index in [-0.39, 0.29) is 11.8 Å². The topological polar surface area (TPSA) is 58.6 Å². The monoisotopic (exact) mass is 506 g/mol. The van der Waals surface area contributed by atoms with E-state index in [2.05, 4.69) is 49.9 Å². The fourth-order valence-corrected chi connectivity index (χ4v) is 4.81. The van der Waals surface area contributed by atoms with Crippen molar-refractivity contribution in [1.82, 2.24) is 14.9 Å². The first kappa shape index (κ1) is 26.1. The molecule has 1 fully saturated rings. The number of halogens is 1. The van der Waals surface area contributed by atoms with Gasteiger partial charge in [-0.25, -0.2) is 9.97 Å². The molecule has 7 heteroatoms. The Balaban J connectivity index is 1.65. The van der Waals surface area contributed by atoms with Gasteiger partial charge in [-0.05, 0) is 31.0 Å². The van der Waals surface area contributed by atoms with Gasteiger partial charge < -0.3 is 14.5 Å². The Kier molecular flexibility index (Phi) is 8.60. The number of aromatic nitrogens is 2. The van der Waals surface area contributed by atoms with Gasteiger partial charge in [-0.15, -0.1) is 0 Å². The fraction of sp³-hybridized carbons (Fsp3) is 0.414. The first-order chi connectivity index (χ1) is 17.4. The van der Waals surface area contributed by atoms with Gasteiger partial charge >= 0.3 is 0 Å². The molecular formula is C29H35ClN4O2. The molecule has 1 amide bonds. The third-order valence-corrected chi connectivity index (χ3v) is 7.19. The van der Waals surface area contributed by atoms with Crippen LogP contribution in [0.1, 0.15) is 64.8 Å². The first-order valence-electron chi connectivity index (χ1n) is 12.6. The molecule has 6 nitrogen and oxygen atoms in total. The van der Waals surface area contributed by atoms with E-state index < -0.39 is 0 Å². The van der Waals surface area contributed by atoms with Crippen molar-refractivity contribution in [3.05, 3.63) is 87.3 Å². The third kappa shape index (κ3) is 5.88. The van der Waals surface area contributed by atoms with Crippen LogP contribution in [0.4, 0.5) is 5.82 Å². The van der Waals surface area contributed by atoms with Gasteiger partial charge in [0, 0.05) is 51.2 Å². The number of carbonyl (C=O) groups excluding carboxylic acids is 1. The van der Waals surface area contributed by atoms with E-state index in [1.54, 1.807) is 19.2 Å². The highest BCUT2D eigenvalue weighted by atomic mass is 35.5. The molecule has 0 N–H and O–H groups in total. The minimum atomic E-state index is -0.0247. The lowest BCUT2D eigenvalue weighted by atomic mass is 10.0. The van der Waals surface area contributed by atoms with Gasteiger partial charge in [0.15, 0.2) is 0 Å². The number of carbonyl (C=O) groups is 1. The van der Waals surface area contributed by atoms with Crippen LogP contribution in [0.5, 0.6) is 0 Å². The Morgan fingerprint density at radius 3 is 2.50 bits per heavy atom. The van der Waals surface area contributed by atoms with Crippen molar-refractivity contribution in [2.24, 2.45) is 0 Å². The SMILES string of the molecule is CC[C@@H](C)c1nc(COC)c(Cc2cccc(C)c2)c(N2CCN(C(=O)c3ccccc3Cl)CC2)n1. The number of benzene rings is 2. The molecule has 0 spiro atoms. The molecule has 0 unspecified atom stereocenters. The summed E-state index contributed by atoms with van der Waals surface area (Å²) in [6.45, 7) is 9.47. The summed E-state index contributed by atoms with van der Waals surface area (Å²) in [6, 6.07) is 15.8. The van der Waals surface area contributed by atoms with Crippen LogP contribution < -0.4 is 4.90 Å². The van der Waals surface area contributed by atoms with Crippen molar-refractivity contribution < 1.29 is 9.53 Å². The van der Waals surface area contributed by atoms with Gasteiger partial charge in [-0.3, -0.25) is 4.79 Å². The second-order valence-corrected chi connectivity index (χ2v) is 9.91. The molecule has 2 aromatic carbocycles. The summed E-state index contributed by atoms with van der Waals surface area (Å²) in [6.07, 6.45) is 1.69. The summed E-state index contributed by atoms with van der Waals surface area (Å²) in [4.78, 5) is 27.3. The first-order valence-corrected chi connectivity index (χ1v) is 13.0. The molecule has 0 saturated carbocycles. The molecule has 1 aromatic heterocycles. The van der Waals surface area contributed by atoms with Crippen molar-refractivity contribution >= 4 is 23.3 Å². The van der Waals surface area contributed by atoms with Crippen LogP contribution in [-0.4, -0.2) is 54.1 Å². The number of rotatable bonds is 8. The van der Waals surface area contributed by atoms with Gasteiger partial charge in [0.05, 0.1) is 22.9 Å². The van der Waals surface area contributed by atoms with Gasteiger partial charge in [0.25, 0.3) is 5.91 Å². The molecule has 0 bridgehead atoms. The highest BCUT2D eigenvalue weighted by Gasteiger charge is 2.27. The average Bonchev–Trinajstić information content (AvgIpc) is 2.89. The zero-order valence-corrected chi connectivity index (χ0v) is 22.4. The number of piperazine rings is 1. The number of ether oxygens (including phenoxy) is 1. The minimum absolute atomic E-state index is 0.0247. The van der Waals surface area contributed by atoms with Crippen molar-refractivity contribution in [3.8, 4) is 0 Å². The maximum atomic E-state index is 13.1. The van der Waals surface area contributed by atoms with E-state index in [0.29, 0.717) is 43.4 Å². The van der Waals surface area contributed by atoms with Crippen molar-refractivity contribution in [3.63, 3.8) is 0 Å². The predicted molar refractivity (Wildman–Crippen MR) is 145 cm³/mol. The normalized spacial score (nSPS) is 14.7. The molecule has 0 aliphatic carbocycles. The van der Waals surface area contributed by atoms with Crippen LogP contribution >= 0.6 is 11.6 Å². The second-order valence-electron chi connectivity index (χ2n) is 9.50. The number of amides is 1. The van der Waals surface area contributed by atoms with E-state index in [4.69, 9.17) is 26.3 Å². The van der Waals surface area contributed by atoms with Crippen LogP contribution in [0.25, 0.3) is 0 Å². The highest BCUT2D eigenvalue weighted by molar-refractivity contribution is 6.33. The zero-order valence-electron chi connectivity index (χ0n) is 21.6. The number of methoxy groups -OCH3 is 1. The lowest BCUT2D eigenvalue weighted by Gasteiger charge is -2.37. The Morgan fingerprint density at radius 1 is 1.08 bits per heavy atom. The van der Waals surface area contributed by atoms with Crippen LogP contribution in [0.2, 0.25) is 5.02 Å². The molecule has 3 aromatic rings. The summed E-state index contributed by atoms with van der Waals surface area (Å²) in [5.74, 6) is 2.03. The lowest BCUT2D eigenvalue weighted by Crippen LogP contribution is -2.49. The minimum Gasteiger partial charge on any atom is -0.378 e. The molecule has 1 aliphatic heterocycles. The average molecular weight is 507 g/mol. The molecule has 2 heterocycles. The van der Waals surface area contributed by atoms with E-state index >= 15 is 0 Å². The number of aryl methyl sites for hydroxylation is 1. The Labute approximate surface area is 219 Å². The quantitative estimate of drug-likeness (QED) is 0.395. The number of hydrogen-bond acceptors (Lipinski definition) is 5. The summed E-state index contributed by atoms with van der Waals surface area (Å²) in [5.41, 5.74) is 5.04. The van der Waals surface area contributed by atoms with Gasteiger partial charge in [-0.2, -0.15) is 0 Å². The summed E-state index contributed by atoms with van der Waals surface area (Å²) < 4.78 is 5.58. The second kappa shape index (κ2) is 11.8. The number of anilines is 1. The van der Waals surface area contributed by atoms with E-state index in [1.165, 1.54) is 11.1 Å². The summed E-state index contributed by atoms with van der Waals surface area (Å²) in [7, 11) is 1.71. The molecule has 1 atom stereocenters. The number of hydrogen-bond donors (Lipinski definition) is 0. The zero-order chi connectivity index (χ0) is 25.7. The molecular weight excluding hydrogens is 472 g/mol. The van der Waals surface area contributed by atoms with E-state index in [9.17, 15) is 4.79 Å². The molecule has 0 radical (unpaired) electrons. The largest absolute Gasteiger partial charge is 0.378 e. The summed E-state index contributed by atoms with van der Waals surface area (Å²) >= 11 is 6.29. The maximum Gasteiger partial charge on any atom is 0.255 e. The maximum absolute atomic E-state index is 13.1. The fourth-order valence-electron chi connectivity index (χ4n) is 4.59. The van der Waals surface area contributed by atoms with Gasteiger partial charge in [0.2, 0.25) is 0 Å². The lowest BCUT2D eigenvalue weighted by molar-refractivity contribution is 0.0746. The third-order valence-electron chi connectivity index (χ3n) is 6.86. The Bertz CT molecular complexity index is 1210. The van der Waals surface area contributed by atoms with E-state index in [0.717, 1.165) is 35.7 Å². The van der Waals surface area contributed by atoms with Crippen molar-refractivity contribution in [1.29, 1.82) is 0 Å². The molecule has 190 valence electrons. The predicted octanol–water partition coefficient (Wildman–Crippen LogP) is 5.65. The van der Waals surface area contributed by atoms with Crippen LogP contribution in [-0.2, 0) is 17.8 Å². The highest BCUT2D eigenvalue weighted by Crippen LogP contribution is 2.29. The van der Waals surface area contributed by atoms with Crippen molar-refractivity contribution in [2.45, 2.75) is 46.1 Å². The van der Waals surface area contributed by atoms with Crippen LogP contribution in [0.15, 0.2) is 48.5 Å². The molecule has 1 saturated heterocycles.